The molecule has 2 atom stereocenters. The van der Waals surface area contributed by atoms with Crippen molar-refractivity contribution in [1.82, 2.24) is 5.32 Å². The van der Waals surface area contributed by atoms with Crippen molar-refractivity contribution in [3.05, 3.63) is 0 Å². The Morgan fingerprint density at radius 1 is 1.44 bits per heavy atom. The van der Waals surface area contributed by atoms with Crippen LogP contribution in [0, 0.1) is 5.92 Å². The van der Waals surface area contributed by atoms with Gasteiger partial charge in [-0.3, -0.25) is 4.79 Å². The zero-order chi connectivity index (χ0) is 11.8. The van der Waals surface area contributed by atoms with Gasteiger partial charge in [0.15, 0.2) is 0 Å². The van der Waals surface area contributed by atoms with Gasteiger partial charge in [-0.1, -0.05) is 13.3 Å². The third-order valence-electron chi connectivity index (χ3n) is 3.05. The summed E-state index contributed by atoms with van der Waals surface area (Å²) < 4.78 is 5.37. The van der Waals surface area contributed by atoms with Crippen molar-refractivity contribution in [3.8, 4) is 0 Å². The van der Waals surface area contributed by atoms with Gasteiger partial charge in [0, 0.05) is 19.2 Å². The van der Waals surface area contributed by atoms with Crippen molar-refractivity contribution in [2.75, 3.05) is 19.8 Å². The van der Waals surface area contributed by atoms with E-state index in [4.69, 9.17) is 9.84 Å². The van der Waals surface area contributed by atoms with E-state index < -0.39 is 5.97 Å². The molecule has 1 saturated carbocycles. The van der Waals surface area contributed by atoms with Crippen molar-refractivity contribution in [1.29, 1.82) is 0 Å². The van der Waals surface area contributed by atoms with Crippen LogP contribution in [0.5, 0.6) is 0 Å². The van der Waals surface area contributed by atoms with Crippen LogP contribution in [0.1, 0.15) is 39.0 Å². The Kier molecular flexibility index (Phi) is 6.42. The highest BCUT2D eigenvalue weighted by molar-refractivity contribution is 5.70. The van der Waals surface area contributed by atoms with Crippen molar-refractivity contribution in [2.24, 2.45) is 5.92 Å². The van der Waals surface area contributed by atoms with E-state index in [0.717, 1.165) is 51.9 Å². The molecule has 1 fully saturated rings. The second-order valence-corrected chi connectivity index (χ2v) is 4.47. The van der Waals surface area contributed by atoms with Crippen molar-refractivity contribution in [2.45, 2.75) is 45.1 Å². The normalized spacial score (nSPS) is 25.6. The van der Waals surface area contributed by atoms with Gasteiger partial charge in [0.2, 0.25) is 0 Å². The summed E-state index contributed by atoms with van der Waals surface area (Å²) in [7, 11) is 0. The summed E-state index contributed by atoms with van der Waals surface area (Å²) in [6.45, 7) is 4.45. The molecule has 0 aromatic rings. The summed E-state index contributed by atoms with van der Waals surface area (Å²) in [4.78, 5) is 10.9. The Bertz CT molecular complexity index is 208. The molecule has 2 N–H and O–H groups in total. The highest BCUT2D eigenvalue weighted by atomic mass is 16.5. The highest BCUT2D eigenvalue weighted by Gasteiger charge is 2.26. The first-order valence-corrected chi connectivity index (χ1v) is 6.28. The lowest BCUT2D eigenvalue weighted by atomic mass is 9.86. The summed E-state index contributed by atoms with van der Waals surface area (Å²) in [5.74, 6) is -0.795. The third-order valence-corrected chi connectivity index (χ3v) is 3.05. The maximum Gasteiger partial charge on any atom is 0.306 e. The van der Waals surface area contributed by atoms with E-state index in [0.29, 0.717) is 6.04 Å². The van der Waals surface area contributed by atoms with Crippen LogP contribution in [-0.4, -0.2) is 36.9 Å². The lowest BCUT2D eigenvalue weighted by Crippen LogP contribution is -2.38. The molecule has 4 heteroatoms. The van der Waals surface area contributed by atoms with Crippen LogP contribution in [0.2, 0.25) is 0 Å². The minimum absolute atomic E-state index is 0.150. The fourth-order valence-corrected chi connectivity index (χ4v) is 2.18. The van der Waals surface area contributed by atoms with Crippen LogP contribution >= 0.6 is 0 Å². The molecule has 0 aliphatic heterocycles. The second kappa shape index (κ2) is 7.63. The number of carboxylic acid groups (broad SMARTS) is 1. The van der Waals surface area contributed by atoms with Gasteiger partial charge in [-0.15, -0.1) is 0 Å². The van der Waals surface area contributed by atoms with Crippen LogP contribution in [0.15, 0.2) is 0 Å². The molecule has 1 aliphatic rings. The number of aliphatic carboxylic acids is 1. The van der Waals surface area contributed by atoms with Crippen LogP contribution in [0.4, 0.5) is 0 Å². The monoisotopic (exact) mass is 229 g/mol. The van der Waals surface area contributed by atoms with E-state index >= 15 is 0 Å². The van der Waals surface area contributed by atoms with Gasteiger partial charge in [0.05, 0.1) is 12.5 Å². The highest BCUT2D eigenvalue weighted by Crippen LogP contribution is 2.24. The number of ether oxygens (including phenoxy) is 1. The molecule has 0 saturated heterocycles. The molecule has 0 aromatic carbocycles. The quantitative estimate of drug-likeness (QED) is 0.652. The molecular weight excluding hydrogens is 206 g/mol. The molecule has 0 radical (unpaired) electrons. The first-order valence-electron chi connectivity index (χ1n) is 6.28. The second-order valence-electron chi connectivity index (χ2n) is 4.47. The van der Waals surface area contributed by atoms with Crippen LogP contribution in [-0.2, 0) is 9.53 Å². The number of nitrogens with one attached hydrogen (secondary N) is 1. The maximum atomic E-state index is 10.9. The average molecular weight is 229 g/mol. The first-order chi connectivity index (χ1) is 7.74. The maximum absolute atomic E-state index is 10.9. The van der Waals surface area contributed by atoms with Gasteiger partial charge in [0.1, 0.15) is 0 Å². The molecule has 0 aromatic heterocycles. The minimum Gasteiger partial charge on any atom is -0.481 e. The van der Waals surface area contributed by atoms with Crippen molar-refractivity contribution in [3.63, 3.8) is 0 Å². The summed E-state index contributed by atoms with van der Waals surface area (Å²) in [6, 6.07) is 0.361. The van der Waals surface area contributed by atoms with Crippen molar-refractivity contribution >= 4 is 5.97 Å². The van der Waals surface area contributed by atoms with E-state index in [2.05, 4.69) is 12.2 Å². The number of carbonyl (C=O) groups is 1. The smallest absolute Gasteiger partial charge is 0.306 e. The molecule has 4 nitrogen and oxygen atoms in total. The Morgan fingerprint density at radius 2 is 2.25 bits per heavy atom. The van der Waals surface area contributed by atoms with E-state index in [1.807, 2.05) is 0 Å². The standard InChI is InChI=1S/C12H23NO3/c1-2-7-16-8-6-13-11-5-3-4-10(9-11)12(14)15/h10-11,13H,2-9H2,1H3,(H,14,15). The molecule has 16 heavy (non-hydrogen) atoms. The lowest BCUT2D eigenvalue weighted by molar-refractivity contribution is -0.143. The van der Waals surface area contributed by atoms with Gasteiger partial charge < -0.3 is 15.2 Å². The van der Waals surface area contributed by atoms with E-state index in [9.17, 15) is 4.79 Å². The van der Waals surface area contributed by atoms with Crippen molar-refractivity contribution < 1.29 is 14.6 Å². The molecule has 0 heterocycles. The molecule has 0 spiro atoms. The number of hydrogen-bond donors (Lipinski definition) is 2. The molecule has 0 bridgehead atoms. The van der Waals surface area contributed by atoms with Gasteiger partial charge in [-0.05, 0) is 25.7 Å². The van der Waals surface area contributed by atoms with E-state index in [-0.39, 0.29) is 5.92 Å². The lowest BCUT2D eigenvalue weighted by Gasteiger charge is -2.27. The molecule has 0 amide bonds. The minimum atomic E-state index is -0.645. The molecule has 1 aliphatic carbocycles. The van der Waals surface area contributed by atoms with Gasteiger partial charge in [-0.2, -0.15) is 0 Å². The third kappa shape index (κ3) is 4.94. The summed E-state index contributed by atoms with van der Waals surface area (Å²) in [5.41, 5.74) is 0. The van der Waals surface area contributed by atoms with Crippen LogP contribution < -0.4 is 5.32 Å². The van der Waals surface area contributed by atoms with Crippen LogP contribution in [0.25, 0.3) is 0 Å². The Morgan fingerprint density at radius 3 is 2.94 bits per heavy atom. The molecule has 2 unspecified atom stereocenters. The predicted molar refractivity (Wildman–Crippen MR) is 62.5 cm³/mol. The van der Waals surface area contributed by atoms with Crippen LogP contribution in [0.3, 0.4) is 0 Å². The summed E-state index contributed by atoms with van der Waals surface area (Å²) in [6.07, 6.45) is 4.76. The number of carboxylic acids is 1. The van der Waals surface area contributed by atoms with Gasteiger partial charge >= 0.3 is 5.97 Å². The number of rotatable bonds is 7. The fraction of sp³-hybridized carbons (Fsp3) is 0.917. The Hall–Kier alpha value is -0.610. The van der Waals surface area contributed by atoms with Gasteiger partial charge in [-0.25, -0.2) is 0 Å². The SMILES string of the molecule is CCCOCCNC1CCCC(C(=O)O)C1. The molecule has 1 rings (SSSR count). The van der Waals surface area contributed by atoms with Gasteiger partial charge in [0.25, 0.3) is 0 Å². The number of hydrogen-bond acceptors (Lipinski definition) is 3. The Labute approximate surface area is 97.4 Å². The Balaban J connectivity index is 2.10. The molecular formula is C12H23NO3. The largest absolute Gasteiger partial charge is 0.481 e. The van der Waals surface area contributed by atoms with E-state index in [1.165, 1.54) is 0 Å². The average Bonchev–Trinajstić information content (AvgIpc) is 2.29. The summed E-state index contributed by atoms with van der Waals surface area (Å²) >= 11 is 0. The first kappa shape index (κ1) is 13.5. The van der Waals surface area contributed by atoms with E-state index in [1.54, 1.807) is 0 Å². The topological polar surface area (TPSA) is 58.6 Å². The fourth-order valence-electron chi connectivity index (χ4n) is 2.18. The zero-order valence-electron chi connectivity index (χ0n) is 10.1. The molecule has 94 valence electrons. The predicted octanol–water partition coefficient (Wildman–Crippen LogP) is 1.65. The zero-order valence-corrected chi connectivity index (χ0v) is 10.1. The summed E-state index contributed by atoms with van der Waals surface area (Å²) in [5, 5.41) is 12.3.